The predicted molar refractivity (Wildman–Crippen MR) is 81.5 cm³/mol. The monoisotopic (exact) mass is 278 g/mol. The van der Waals surface area contributed by atoms with Crippen LogP contribution in [0.5, 0.6) is 5.88 Å². The topological polar surface area (TPSA) is 50.3 Å². The molecule has 0 unspecified atom stereocenters. The van der Waals surface area contributed by atoms with Crippen molar-refractivity contribution in [2.45, 2.75) is 46.1 Å². The molecular weight excluding hydrogens is 252 g/mol. The van der Waals surface area contributed by atoms with Crippen LogP contribution in [0.15, 0.2) is 0 Å². The Labute approximate surface area is 121 Å². The van der Waals surface area contributed by atoms with Crippen molar-refractivity contribution in [2.75, 3.05) is 32.1 Å². The summed E-state index contributed by atoms with van der Waals surface area (Å²) in [6.07, 6.45) is 3.47. The van der Waals surface area contributed by atoms with Gasteiger partial charge in [0.2, 0.25) is 5.88 Å². The van der Waals surface area contributed by atoms with E-state index in [9.17, 15) is 0 Å². The second kappa shape index (κ2) is 6.88. The van der Waals surface area contributed by atoms with Gasteiger partial charge in [-0.15, -0.1) is 0 Å². The van der Waals surface area contributed by atoms with Crippen LogP contribution >= 0.6 is 0 Å². The highest BCUT2D eigenvalue weighted by Gasteiger charge is 2.25. The molecule has 20 heavy (non-hydrogen) atoms. The summed E-state index contributed by atoms with van der Waals surface area (Å²) in [6.45, 7) is 8.62. The number of nitrogens with zero attached hydrogens (tertiary/aromatic N) is 3. The van der Waals surface area contributed by atoms with Gasteiger partial charge in [0.25, 0.3) is 0 Å². The Kier molecular flexibility index (Phi) is 5.17. The molecule has 0 spiro atoms. The lowest BCUT2D eigenvalue weighted by molar-refractivity contribution is 0.225. The van der Waals surface area contributed by atoms with Crippen LogP contribution in [0.3, 0.4) is 0 Å². The molecular formula is C15H26N4O. The molecule has 1 aliphatic carbocycles. The Balaban J connectivity index is 1.99. The van der Waals surface area contributed by atoms with Crippen LogP contribution in [0.2, 0.25) is 0 Å². The van der Waals surface area contributed by atoms with Crippen LogP contribution in [0.25, 0.3) is 0 Å². The first kappa shape index (κ1) is 15.0. The molecule has 0 radical (unpaired) electrons. The van der Waals surface area contributed by atoms with E-state index in [1.807, 2.05) is 6.92 Å². The fourth-order valence-electron chi connectivity index (χ4n) is 2.16. The zero-order valence-corrected chi connectivity index (χ0v) is 13.1. The van der Waals surface area contributed by atoms with E-state index >= 15 is 0 Å². The van der Waals surface area contributed by atoms with Crippen LogP contribution in [0.1, 0.15) is 38.1 Å². The van der Waals surface area contributed by atoms with E-state index in [0.29, 0.717) is 6.61 Å². The molecule has 1 heterocycles. The van der Waals surface area contributed by atoms with Crippen LogP contribution in [0, 0.1) is 6.92 Å². The van der Waals surface area contributed by atoms with Crippen molar-refractivity contribution in [1.82, 2.24) is 14.9 Å². The van der Waals surface area contributed by atoms with Crippen LogP contribution in [-0.2, 0) is 6.42 Å². The van der Waals surface area contributed by atoms with Gasteiger partial charge in [0.05, 0.1) is 5.56 Å². The summed E-state index contributed by atoms with van der Waals surface area (Å²) in [6, 6.07) is 0.772. The number of likely N-dealkylation sites (N-methyl/N-ethyl adjacent to an activating group) is 1. The summed E-state index contributed by atoms with van der Waals surface area (Å²) >= 11 is 0. The summed E-state index contributed by atoms with van der Waals surface area (Å²) < 4.78 is 5.88. The number of hydrogen-bond donors (Lipinski definition) is 1. The maximum atomic E-state index is 5.88. The number of rotatable bonds is 8. The molecule has 0 bridgehead atoms. The lowest BCUT2D eigenvalue weighted by atomic mass is 10.3. The van der Waals surface area contributed by atoms with E-state index in [0.717, 1.165) is 48.6 Å². The first-order valence-corrected chi connectivity index (χ1v) is 7.60. The quantitative estimate of drug-likeness (QED) is 0.790. The second-order valence-corrected chi connectivity index (χ2v) is 5.36. The van der Waals surface area contributed by atoms with Gasteiger partial charge in [0.15, 0.2) is 0 Å². The van der Waals surface area contributed by atoms with Gasteiger partial charge in [-0.25, -0.2) is 4.98 Å². The van der Waals surface area contributed by atoms with Crippen LogP contribution < -0.4 is 10.1 Å². The van der Waals surface area contributed by atoms with Crippen molar-refractivity contribution >= 4 is 5.82 Å². The maximum absolute atomic E-state index is 5.88. The number of ether oxygens (including phenoxy) is 1. The summed E-state index contributed by atoms with van der Waals surface area (Å²) in [4.78, 5) is 11.4. The van der Waals surface area contributed by atoms with Crippen molar-refractivity contribution in [3.05, 3.63) is 11.4 Å². The number of aryl methyl sites for hydroxylation is 1. The van der Waals surface area contributed by atoms with E-state index in [-0.39, 0.29) is 0 Å². The molecule has 0 aliphatic heterocycles. The molecule has 1 saturated carbocycles. The Bertz CT molecular complexity index is 446. The number of anilines is 1. The van der Waals surface area contributed by atoms with Gasteiger partial charge in [-0.1, -0.05) is 6.92 Å². The molecule has 1 aromatic rings. The fourth-order valence-corrected chi connectivity index (χ4v) is 2.16. The van der Waals surface area contributed by atoms with Gasteiger partial charge in [-0.3, -0.25) is 0 Å². The molecule has 2 rings (SSSR count). The van der Waals surface area contributed by atoms with Crippen molar-refractivity contribution in [3.63, 3.8) is 0 Å². The van der Waals surface area contributed by atoms with E-state index in [1.165, 1.54) is 12.8 Å². The average molecular weight is 278 g/mol. The van der Waals surface area contributed by atoms with Gasteiger partial charge >= 0.3 is 0 Å². The van der Waals surface area contributed by atoms with Crippen LogP contribution in [0.4, 0.5) is 5.82 Å². The van der Waals surface area contributed by atoms with Crippen molar-refractivity contribution < 1.29 is 4.74 Å². The van der Waals surface area contributed by atoms with Crippen molar-refractivity contribution in [1.29, 1.82) is 0 Å². The molecule has 0 atom stereocenters. The third kappa shape index (κ3) is 3.82. The predicted octanol–water partition coefficient (Wildman–Crippen LogP) is 2.25. The van der Waals surface area contributed by atoms with E-state index < -0.39 is 0 Å². The maximum Gasteiger partial charge on any atom is 0.221 e. The van der Waals surface area contributed by atoms with Crippen LogP contribution in [-0.4, -0.2) is 47.7 Å². The number of nitrogens with one attached hydrogen (secondary N) is 1. The Hall–Kier alpha value is -1.36. The first-order chi connectivity index (χ1) is 9.65. The molecule has 112 valence electrons. The number of aromatic nitrogens is 2. The van der Waals surface area contributed by atoms with E-state index in [4.69, 9.17) is 4.74 Å². The lowest BCUT2D eigenvalue weighted by Gasteiger charge is -2.17. The molecule has 0 aromatic carbocycles. The smallest absolute Gasteiger partial charge is 0.221 e. The largest absolute Gasteiger partial charge is 0.476 e. The summed E-state index contributed by atoms with van der Waals surface area (Å²) in [7, 11) is 2.16. The van der Waals surface area contributed by atoms with E-state index in [2.05, 4.69) is 41.1 Å². The minimum absolute atomic E-state index is 0.680. The summed E-state index contributed by atoms with van der Waals surface area (Å²) in [5.74, 6) is 2.44. The molecule has 1 fully saturated rings. The highest BCUT2D eigenvalue weighted by Crippen LogP contribution is 2.25. The van der Waals surface area contributed by atoms with Gasteiger partial charge < -0.3 is 15.0 Å². The first-order valence-electron chi connectivity index (χ1n) is 7.60. The molecule has 5 heteroatoms. The van der Waals surface area contributed by atoms with E-state index in [1.54, 1.807) is 0 Å². The lowest BCUT2D eigenvalue weighted by Crippen LogP contribution is -2.26. The van der Waals surface area contributed by atoms with Gasteiger partial charge in [-0.2, -0.15) is 4.98 Å². The SMILES string of the molecule is CCNc1nc(CC)nc(OCCN(C)C2CC2)c1C. The summed E-state index contributed by atoms with van der Waals surface area (Å²) in [5, 5.41) is 3.28. The minimum Gasteiger partial charge on any atom is -0.476 e. The summed E-state index contributed by atoms with van der Waals surface area (Å²) in [5.41, 5.74) is 0.998. The van der Waals surface area contributed by atoms with Gasteiger partial charge in [0, 0.05) is 25.6 Å². The fraction of sp³-hybridized carbons (Fsp3) is 0.733. The zero-order chi connectivity index (χ0) is 14.5. The highest BCUT2D eigenvalue weighted by atomic mass is 16.5. The molecule has 1 aromatic heterocycles. The number of hydrogen-bond acceptors (Lipinski definition) is 5. The normalized spacial score (nSPS) is 14.7. The molecule has 0 saturated heterocycles. The van der Waals surface area contributed by atoms with Gasteiger partial charge in [0.1, 0.15) is 18.2 Å². The average Bonchev–Trinajstić information content (AvgIpc) is 3.27. The molecule has 1 N–H and O–H groups in total. The second-order valence-electron chi connectivity index (χ2n) is 5.36. The highest BCUT2D eigenvalue weighted by molar-refractivity contribution is 5.48. The molecule has 0 amide bonds. The Morgan fingerprint density at radius 1 is 1.30 bits per heavy atom. The molecule has 5 nitrogen and oxygen atoms in total. The third-order valence-electron chi connectivity index (χ3n) is 3.66. The van der Waals surface area contributed by atoms with Gasteiger partial charge in [-0.05, 0) is 33.7 Å². The standard InChI is InChI=1S/C15H26N4O/c1-5-13-17-14(16-6-2)11(3)15(18-13)20-10-9-19(4)12-7-8-12/h12H,5-10H2,1-4H3,(H,16,17,18). The van der Waals surface area contributed by atoms with Crippen molar-refractivity contribution in [3.8, 4) is 5.88 Å². The zero-order valence-electron chi connectivity index (χ0n) is 13.1. The Morgan fingerprint density at radius 3 is 2.65 bits per heavy atom. The Morgan fingerprint density at radius 2 is 2.05 bits per heavy atom. The third-order valence-corrected chi connectivity index (χ3v) is 3.66. The van der Waals surface area contributed by atoms with Crippen molar-refractivity contribution in [2.24, 2.45) is 0 Å². The minimum atomic E-state index is 0.680. The molecule has 1 aliphatic rings.